The maximum absolute atomic E-state index is 13.3. The number of rotatable bonds is 6. The fraction of sp³-hybridized carbons (Fsp3) is 0.409. The minimum Gasteiger partial charge on any atom is -0.385 e. The van der Waals surface area contributed by atoms with Crippen LogP contribution in [-0.4, -0.2) is 36.5 Å². The fourth-order valence-electron chi connectivity index (χ4n) is 3.64. The number of benzene rings is 1. The first-order valence-electron chi connectivity index (χ1n) is 9.49. The van der Waals surface area contributed by atoms with Crippen LogP contribution in [0.25, 0.3) is 5.69 Å². The lowest BCUT2D eigenvalue weighted by atomic mass is 9.75. The van der Waals surface area contributed by atoms with Crippen LogP contribution in [0, 0.1) is 5.41 Å². The minimum atomic E-state index is -0.466. The molecule has 0 unspecified atom stereocenters. The van der Waals surface area contributed by atoms with E-state index in [0.717, 1.165) is 0 Å². The van der Waals surface area contributed by atoms with Crippen molar-refractivity contribution in [1.82, 2.24) is 9.88 Å². The summed E-state index contributed by atoms with van der Waals surface area (Å²) in [4.78, 5) is 38.7. The number of ether oxygens (including phenoxy) is 1. The number of amides is 1. The third-order valence-corrected chi connectivity index (χ3v) is 4.96. The van der Waals surface area contributed by atoms with E-state index in [-0.39, 0.29) is 16.8 Å². The molecule has 2 aromatic rings. The van der Waals surface area contributed by atoms with Gasteiger partial charge in [-0.1, -0.05) is 32.0 Å². The predicted octanol–water partition coefficient (Wildman–Crippen LogP) is 2.76. The second-order valence-electron chi connectivity index (χ2n) is 7.94. The van der Waals surface area contributed by atoms with Crippen LogP contribution < -0.4 is 10.9 Å². The van der Waals surface area contributed by atoms with Gasteiger partial charge >= 0.3 is 0 Å². The molecule has 0 radical (unpaired) electrons. The van der Waals surface area contributed by atoms with Crippen LogP contribution in [0.2, 0.25) is 0 Å². The highest BCUT2D eigenvalue weighted by atomic mass is 16.5. The third kappa shape index (κ3) is 4.07. The minimum absolute atomic E-state index is 0.00641. The molecule has 0 fully saturated rings. The number of hydrogen-bond donors (Lipinski definition) is 1. The number of Topliss-reactive ketones (excluding diaryl/α,β-unsaturated/α-hetero) is 1. The maximum atomic E-state index is 13.3. The molecule has 0 saturated heterocycles. The zero-order valence-electron chi connectivity index (χ0n) is 16.6. The zero-order chi connectivity index (χ0) is 20.3. The van der Waals surface area contributed by atoms with E-state index in [1.54, 1.807) is 7.11 Å². The maximum Gasteiger partial charge on any atom is 0.268 e. The Labute approximate surface area is 164 Å². The van der Waals surface area contributed by atoms with Crippen LogP contribution in [0.4, 0.5) is 0 Å². The number of aromatic nitrogens is 1. The van der Waals surface area contributed by atoms with E-state index < -0.39 is 11.5 Å². The van der Waals surface area contributed by atoms with Gasteiger partial charge in [0.05, 0.1) is 0 Å². The molecule has 148 valence electrons. The lowest BCUT2D eigenvalue weighted by molar-refractivity contribution is 0.0908. The van der Waals surface area contributed by atoms with Crippen molar-refractivity contribution < 1.29 is 14.3 Å². The average molecular weight is 382 g/mol. The molecule has 1 aliphatic rings. The first-order valence-corrected chi connectivity index (χ1v) is 9.49. The van der Waals surface area contributed by atoms with E-state index in [2.05, 4.69) is 5.32 Å². The lowest BCUT2D eigenvalue weighted by Gasteiger charge is -2.32. The summed E-state index contributed by atoms with van der Waals surface area (Å²) in [5, 5.41) is 2.75. The molecule has 0 bridgehead atoms. The van der Waals surface area contributed by atoms with Gasteiger partial charge in [0.2, 0.25) is 0 Å². The SMILES string of the molecule is COCCCNC(=O)c1cc2c(n(-c3ccccc3)c1=O)CC(C)(C)CC2=O. The van der Waals surface area contributed by atoms with Gasteiger partial charge in [-0.15, -0.1) is 0 Å². The first kappa shape index (κ1) is 20.0. The van der Waals surface area contributed by atoms with Gasteiger partial charge in [-0.3, -0.25) is 19.0 Å². The van der Waals surface area contributed by atoms with Crippen LogP contribution in [0.1, 0.15) is 53.1 Å². The summed E-state index contributed by atoms with van der Waals surface area (Å²) in [5.41, 5.74) is 1.14. The number of nitrogens with zero attached hydrogens (tertiary/aromatic N) is 1. The predicted molar refractivity (Wildman–Crippen MR) is 107 cm³/mol. The van der Waals surface area contributed by atoms with E-state index in [0.29, 0.717) is 49.4 Å². The highest BCUT2D eigenvalue weighted by Crippen LogP contribution is 2.35. The molecule has 6 nitrogen and oxygen atoms in total. The number of pyridine rings is 1. The Hall–Kier alpha value is -2.73. The number of ketones is 1. The molecule has 1 aliphatic carbocycles. The topological polar surface area (TPSA) is 77.4 Å². The molecule has 28 heavy (non-hydrogen) atoms. The fourth-order valence-corrected chi connectivity index (χ4v) is 3.64. The molecule has 3 rings (SSSR count). The standard InChI is InChI=1S/C22H26N2O4/c1-22(2)13-18-16(19(25)14-22)12-17(20(26)23-10-7-11-28-3)21(27)24(18)15-8-5-4-6-9-15/h4-6,8-9,12H,7,10-11,13-14H2,1-3H3,(H,23,26). The molecular formula is C22H26N2O4. The molecule has 1 N–H and O–H groups in total. The smallest absolute Gasteiger partial charge is 0.268 e. The molecule has 0 spiro atoms. The number of fused-ring (bicyclic) bond motifs is 1. The number of methoxy groups -OCH3 is 1. The van der Waals surface area contributed by atoms with Crippen LogP contribution in [0.5, 0.6) is 0 Å². The Balaban J connectivity index is 2.12. The van der Waals surface area contributed by atoms with Gasteiger partial charge in [0, 0.05) is 43.6 Å². The Morgan fingerprint density at radius 2 is 1.89 bits per heavy atom. The van der Waals surface area contributed by atoms with Crippen molar-refractivity contribution in [3.05, 3.63) is 63.6 Å². The van der Waals surface area contributed by atoms with Crippen LogP contribution in [0.3, 0.4) is 0 Å². The van der Waals surface area contributed by atoms with Crippen molar-refractivity contribution in [3.8, 4) is 5.69 Å². The van der Waals surface area contributed by atoms with Gasteiger partial charge in [0.25, 0.3) is 11.5 Å². The molecule has 1 aromatic heterocycles. The summed E-state index contributed by atoms with van der Waals surface area (Å²) in [6.45, 7) is 4.95. The van der Waals surface area contributed by atoms with Crippen molar-refractivity contribution in [2.24, 2.45) is 5.41 Å². The van der Waals surface area contributed by atoms with E-state index in [4.69, 9.17) is 4.74 Å². The quantitative estimate of drug-likeness (QED) is 0.780. The van der Waals surface area contributed by atoms with E-state index in [1.807, 2.05) is 44.2 Å². The molecule has 1 aromatic carbocycles. The van der Waals surface area contributed by atoms with Crippen molar-refractivity contribution in [2.75, 3.05) is 20.3 Å². The largest absolute Gasteiger partial charge is 0.385 e. The summed E-state index contributed by atoms with van der Waals surface area (Å²) in [6, 6.07) is 10.6. The highest BCUT2D eigenvalue weighted by molar-refractivity contribution is 6.02. The summed E-state index contributed by atoms with van der Waals surface area (Å²) in [5.74, 6) is -0.504. The number of nitrogens with one attached hydrogen (secondary N) is 1. The molecule has 0 atom stereocenters. The van der Waals surface area contributed by atoms with Crippen molar-refractivity contribution >= 4 is 11.7 Å². The van der Waals surface area contributed by atoms with Crippen molar-refractivity contribution in [1.29, 1.82) is 0 Å². The molecule has 0 saturated carbocycles. The van der Waals surface area contributed by atoms with E-state index in [9.17, 15) is 14.4 Å². The van der Waals surface area contributed by atoms with Gasteiger partial charge in [0.1, 0.15) is 5.56 Å². The molecule has 6 heteroatoms. The third-order valence-electron chi connectivity index (χ3n) is 4.96. The highest BCUT2D eigenvalue weighted by Gasteiger charge is 2.34. The summed E-state index contributed by atoms with van der Waals surface area (Å²) < 4.78 is 6.50. The molecule has 0 aliphatic heterocycles. The van der Waals surface area contributed by atoms with Crippen LogP contribution in [-0.2, 0) is 11.2 Å². The number of hydrogen-bond acceptors (Lipinski definition) is 4. The average Bonchev–Trinajstić information content (AvgIpc) is 2.64. The van der Waals surface area contributed by atoms with Crippen LogP contribution in [0.15, 0.2) is 41.2 Å². The zero-order valence-corrected chi connectivity index (χ0v) is 16.6. The first-order chi connectivity index (χ1) is 13.3. The Bertz CT molecular complexity index is 945. The number of carbonyl (C=O) groups excluding carboxylic acids is 2. The number of carbonyl (C=O) groups is 2. The van der Waals surface area contributed by atoms with E-state index in [1.165, 1.54) is 10.6 Å². The van der Waals surface area contributed by atoms with E-state index >= 15 is 0 Å². The second-order valence-corrected chi connectivity index (χ2v) is 7.94. The summed E-state index contributed by atoms with van der Waals surface area (Å²) in [6.07, 6.45) is 1.63. The Kier molecular flexibility index (Phi) is 5.79. The monoisotopic (exact) mass is 382 g/mol. The van der Waals surface area contributed by atoms with Gasteiger partial charge < -0.3 is 10.1 Å². The summed E-state index contributed by atoms with van der Waals surface area (Å²) >= 11 is 0. The Morgan fingerprint density at radius 1 is 1.18 bits per heavy atom. The van der Waals surface area contributed by atoms with Crippen molar-refractivity contribution in [2.45, 2.75) is 33.1 Å². The Morgan fingerprint density at radius 3 is 2.57 bits per heavy atom. The van der Waals surface area contributed by atoms with Gasteiger partial charge in [0.15, 0.2) is 5.78 Å². The van der Waals surface area contributed by atoms with Gasteiger partial charge in [-0.05, 0) is 36.5 Å². The molecule has 1 amide bonds. The number of para-hydroxylation sites is 1. The van der Waals surface area contributed by atoms with Crippen molar-refractivity contribution in [3.63, 3.8) is 0 Å². The summed E-state index contributed by atoms with van der Waals surface area (Å²) in [7, 11) is 1.59. The van der Waals surface area contributed by atoms with Crippen LogP contribution >= 0.6 is 0 Å². The molecular weight excluding hydrogens is 356 g/mol. The van der Waals surface area contributed by atoms with Gasteiger partial charge in [-0.2, -0.15) is 0 Å². The lowest BCUT2D eigenvalue weighted by Crippen LogP contribution is -2.39. The second kappa shape index (κ2) is 8.10. The normalized spacial score (nSPS) is 15.2. The molecule has 1 heterocycles. The van der Waals surface area contributed by atoms with Gasteiger partial charge in [-0.25, -0.2) is 0 Å².